The second-order valence-electron chi connectivity index (χ2n) is 3.89. The molecule has 8 nitrogen and oxygen atoms in total. The maximum Gasteiger partial charge on any atom is 0.253 e. The van der Waals surface area contributed by atoms with Gasteiger partial charge in [-0.05, 0) is 13.0 Å². The largest absolute Gasteiger partial charge is 0.342 e. The number of hydrogen-bond acceptors (Lipinski definition) is 6. The van der Waals surface area contributed by atoms with Crippen molar-refractivity contribution < 1.29 is 4.79 Å². The fraction of sp³-hybridized carbons (Fsp3) is 0.250. The van der Waals surface area contributed by atoms with Crippen LogP contribution in [-0.2, 0) is 0 Å². The van der Waals surface area contributed by atoms with Crippen molar-refractivity contribution >= 4 is 5.91 Å². The van der Waals surface area contributed by atoms with Crippen molar-refractivity contribution in [1.82, 2.24) is 30.9 Å². The van der Waals surface area contributed by atoms with Gasteiger partial charge in [-0.2, -0.15) is 5.21 Å². The Morgan fingerprint density at radius 1 is 1.60 bits per heavy atom. The molecule has 102 valence electrons. The average Bonchev–Trinajstić information content (AvgIpc) is 2.99. The number of tetrazole rings is 1. The van der Waals surface area contributed by atoms with E-state index in [1.165, 1.54) is 12.4 Å². The fourth-order valence-corrected chi connectivity index (χ4v) is 1.53. The maximum absolute atomic E-state index is 12.2. The van der Waals surface area contributed by atoms with Crippen molar-refractivity contribution in [3.8, 4) is 11.8 Å². The minimum absolute atomic E-state index is 0.217. The molecule has 2 heterocycles. The Morgan fingerprint density at radius 2 is 2.45 bits per heavy atom. The molecule has 0 aliphatic heterocycles. The van der Waals surface area contributed by atoms with Gasteiger partial charge in [0.25, 0.3) is 5.91 Å². The van der Waals surface area contributed by atoms with E-state index in [2.05, 4.69) is 42.8 Å². The Kier molecular flexibility index (Phi) is 4.36. The number of carbonyl (C=O) groups excluding carboxylic acids is 1. The molecule has 1 atom stereocenters. The summed E-state index contributed by atoms with van der Waals surface area (Å²) in [6, 6.07) is 1.23. The van der Waals surface area contributed by atoms with Gasteiger partial charge in [-0.3, -0.25) is 9.78 Å². The predicted octanol–water partition coefficient (Wildman–Crippen LogP) is -0.604. The van der Waals surface area contributed by atoms with E-state index in [0.717, 1.165) is 0 Å². The van der Waals surface area contributed by atoms with Gasteiger partial charge < -0.3 is 11.1 Å². The van der Waals surface area contributed by atoms with Gasteiger partial charge in [-0.15, -0.1) is 10.2 Å². The predicted molar refractivity (Wildman–Crippen MR) is 70.2 cm³/mol. The SMILES string of the molecule is CC(NC(=O)c1ccncc1C#CCN)c1nn[nH]n1. The zero-order valence-corrected chi connectivity index (χ0v) is 10.8. The Morgan fingerprint density at radius 3 is 3.15 bits per heavy atom. The summed E-state index contributed by atoms with van der Waals surface area (Å²) < 4.78 is 0. The number of aromatic amines is 1. The van der Waals surface area contributed by atoms with Crippen molar-refractivity contribution in [2.24, 2.45) is 5.73 Å². The smallest absolute Gasteiger partial charge is 0.253 e. The van der Waals surface area contributed by atoms with Gasteiger partial charge in [-0.25, -0.2) is 0 Å². The number of nitrogens with two attached hydrogens (primary N) is 1. The van der Waals surface area contributed by atoms with Crippen LogP contribution < -0.4 is 11.1 Å². The third-order valence-corrected chi connectivity index (χ3v) is 2.49. The summed E-state index contributed by atoms with van der Waals surface area (Å²) in [5, 5.41) is 16.2. The number of aromatic nitrogens is 5. The van der Waals surface area contributed by atoms with Crippen molar-refractivity contribution in [2.75, 3.05) is 6.54 Å². The molecule has 4 N–H and O–H groups in total. The van der Waals surface area contributed by atoms with E-state index in [-0.39, 0.29) is 18.5 Å². The first kappa shape index (κ1) is 13.6. The molecular formula is C12H13N7O. The minimum atomic E-state index is -0.371. The number of hydrogen-bond donors (Lipinski definition) is 3. The van der Waals surface area contributed by atoms with E-state index < -0.39 is 0 Å². The molecule has 0 aliphatic carbocycles. The highest BCUT2D eigenvalue weighted by Gasteiger charge is 2.16. The first-order valence-corrected chi connectivity index (χ1v) is 5.89. The van der Waals surface area contributed by atoms with E-state index in [1.54, 1.807) is 13.0 Å². The molecule has 0 aliphatic rings. The molecule has 2 rings (SSSR count). The van der Waals surface area contributed by atoms with Gasteiger partial charge in [0.2, 0.25) is 0 Å². The Labute approximate surface area is 115 Å². The van der Waals surface area contributed by atoms with Crippen LogP contribution in [0.2, 0.25) is 0 Å². The summed E-state index contributed by atoms with van der Waals surface area (Å²) in [4.78, 5) is 16.2. The topological polar surface area (TPSA) is 122 Å². The number of carbonyl (C=O) groups is 1. The van der Waals surface area contributed by atoms with Crippen molar-refractivity contribution in [3.05, 3.63) is 35.4 Å². The van der Waals surface area contributed by atoms with Crippen LogP contribution in [0.25, 0.3) is 0 Å². The standard InChI is InChI=1S/C12H13N7O/c1-8(11-16-18-19-17-11)15-12(20)10-4-6-14-7-9(10)3-2-5-13/h4,6-8H,5,13H2,1H3,(H,15,20)(H,16,17,18,19). The Bertz CT molecular complexity index is 641. The van der Waals surface area contributed by atoms with E-state index in [9.17, 15) is 4.79 Å². The van der Waals surface area contributed by atoms with Crippen molar-refractivity contribution in [2.45, 2.75) is 13.0 Å². The molecule has 1 amide bonds. The summed E-state index contributed by atoms with van der Waals surface area (Å²) in [7, 11) is 0. The van der Waals surface area contributed by atoms with Crippen LogP contribution in [0.3, 0.4) is 0 Å². The molecule has 0 saturated heterocycles. The zero-order valence-electron chi connectivity index (χ0n) is 10.8. The highest BCUT2D eigenvalue weighted by atomic mass is 16.1. The molecule has 0 radical (unpaired) electrons. The van der Waals surface area contributed by atoms with Crippen LogP contribution in [0.4, 0.5) is 0 Å². The number of nitrogens with zero attached hydrogens (tertiary/aromatic N) is 4. The highest BCUT2D eigenvalue weighted by molar-refractivity contribution is 5.96. The molecule has 20 heavy (non-hydrogen) atoms. The highest BCUT2D eigenvalue weighted by Crippen LogP contribution is 2.09. The molecule has 2 aromatic heterocycles. The molecule has 0 spiro atoms. The third-order valence-electron chi connectivity index (χ3n) is 2.49. The van der Waals surface area contributed by atoms with Crippen molar-refractivity contribution in [1.29, 1.82) is 0 Å². The molecule has 0 bridgehead atoms. The quantitative estimate of drug-likeness (QED) is 0.640. The lowest BCUT2D eigenvalue weighted by molar-refractivity contribution is 0.0938. The summed E-state index contributed by atoms with van der Waals surface area (Å²) in [6.07, 6.45) is 3.05. The summed E-state index contributed by atoms with van der Waals surface area (Å²) in [5.41, 5.74) is 6.28. The fourth-order valence-electron chi connectivity index (χ4n) is 1.53. The Balaban J connectivity index is 2.17. The number of H-pyrrole nitrogens is 1. The monoisotopic (exact) mass is 271 g/mol. The summed E-state index contributed by atoms with van der Waals surface area (Å²) in [5.74, 6) is 5.63. The number of amides is 1. The molecule has 1 unspecified atom stereocenters. The summed E-state index contributed by atoms with van der Waals surface area (Å²) >= 11 is 0. The molecule has 8 heteroatoms. The second-order valence-corrected chi connectivity index (χ2v) is 3.89. The van der Waals surface area contributed by atoms with Gasteiger partial charge >= 0.3 is 0 Å². The van der Waals surface area contributed by atoms with E-state index in [0.29, 0.717) is 17.0 Å². The molecular weight excluding hydrogens is 258 g/mol. The van der Waals surface area contributed by atoms with Crippen LogP contribution in [-0.4, -0.2) is 38.1 Å². The van der Waals surface area contributed by atoms with Crippen LogP contribution in [0.1, 0.15) is 34.7 Å². The molecule has 0 aromatic carbocycles. The average molecular weight is 271 g/mol. The van der Waals surface area contributed by atoms with Crippen LogP contribution in [0.5, 0.6) is 0 Å². The van der Waals surface area contributed by atoms with Gasteiger partial charge in [0.15, 0.2) is 5.82 Å². The van der Waals surface area contributed by atoms with Gasteiger partial charge in [0.05, 0.1) is 23.7 Å². The van der Waals surface area contributed by atoms with Gasteiger partial charge in [-0.1, -0.05) is 17.1 Å². The number of rotatable bonds is 3. The summed E-state index contributed by atoms with van der Waals surface area (Å²) in [6.45, 7) is 1.98. The van der Waals surface area contributed by atoms with E-state index in [1.807, 2.05) is 0 Å². The first-order chi connectivity index (χ1) is 9.72. The lowest BCUT2D eigenvalue weighted by atomic mass is 10.1. The van der Waals surface area contributed by atoms with Gasteiger partial charge in [0, 0.05) is 12.4 Å². The van der Waals surface area contributed by atoms with E-state index >= 15 is 0 Å². The van der Waals surface area contributed by atoms with Crippen LogP contribution in [0, 0.1) is 11.8 Å². The number of nitrogens with one attached hydrogen (secondary N) is 2. The van der Waals surface area contributed by atoms with Crippen LogP contribution in [0.15, 0.2) is 18.5 Å². The molecule has 2 aromatic rings. The molecule has 0 fully saturated rings. The minimum Gasteiger partial charge on any atom is -0.342 e. The maximum atomic E-state index is 12.2. The normalized spacial score (nSPS) is 11.3. The van der Waals surface area contributed by atoms with E-state index in [4.69, 9.17) is 5.73 Å². The third kappa shape index (κ3) is 3.15. The first-order valence-electron chi connectivity index (χ1n) is 5.89. The lowest BCUT2D eigenvalue weighted by Crippen LogP contribution is -2.28. The van der Waals surface area contributed by atoms with Crippen molar-refractivity contribution in [3.63, 3.8) is 0 Å². The second kappa shape index (κ2) is 6.40. The molecule has 0 saturated carbocycles. The lowest BCUT2D eigenvalue weighted by Gasteiger charge is -2.10. The number of pyridine rings is 1. The van der Waals surface area contributed by atoms with Gasteiger partial charge in [0.1, 0.15) is 0 Å². The Hall–Kier alpha value is -2.79. The van der Waals surface area contributed by atoms with Crippen LogP contribution >= 0.6 is 0 Å². The zero-order chi connectivity index (χ0) is 14.4.